The largest absolute Gasteiger partial charge is 0.481 e. The van der Waals surface area contributed by atoms with Gasteiger partial charge in [-0.05, 0) is 43.4 Å². The summed E-state index contributed by atoms with van der Waals surface area (Å²) in [6.45, 7) is 4.19. The second-order valence-electron chi connectivity index (χ2n) is 9.98. The molecule has 2 aromatic rings. The van der Waals surface area contributed by atoms with Crippen LogP contribution in [-0.2, 0) is 30.4 Å². The van der Waals surface area contributed by atoms with Gasteiger partial charge in [-0.3, -0.25) is 19.2 Å². The minimum absolute atomic E-state index is 0.0399. The third-order valence-electron chi connectivity index (χ3n) is 7.17. The number of amides is 3. The minimum Gasteiger partial charge on any atom is -0.481 e. The van der Waals surface area contributed by atoms with Gasteiger partial charge in [0.1, 0.15) is 18.1 Å². The van der Waals surface area contributed by atoms with Gasteiger partial charge >= 0.3 is 11.9 Å². The molecule has 1 fully saturated rings. The summed E-state index contributed by atoms with van der Waals surface area (Å²) in [7, 11) is 0. The van der Waals surface area contributed by atoms with Crippen LogP contribution >= 0.6 is 0 Å². The van der Waals surface area contributed by atoms with E-state index in [0.29, 0.717) is 19.4 Å². The summed E-state index contributed by atoms with van der Waals surface area (Å²) >= 11 is 0. The van der Waals surface area contributed by atoms with Crippen molar-refractivity contribution in [3.8, 4) is 0 Å². The number of rotatable bonds is 14. The van der Waals surface area contributed by atoms with Gasteiger partial charge < -0.3 is 36.5 Å². The van der Waals surface area contributed by atoms with Gasteiger partial charge in [-0.2, -0.15) is 0 Å². The maximum atomic E-state index is 13.4. The lowest BCUT2D eigenvalue weighted by Crippen LogP contribution is -2.58. The summed E-state index contributed by atoms with van der Waals surface area (Å²) in [4.78, 5) is 65.7. The fraction of sp³-hybridized carbons (Fsp3) is 0.519. The monoisotopic (exact) mass is 543 g/mol. The number of aliphatic carboxylic acids is 2. The fourth-order valence-electron chi connectivity index (χ4n) is 4.66. The second-order valence-corrected chi connectivity index (χ2v) is 9.98. The van der Waals surface area contributed by atoms with Crippen molar-refractivity contribution in [2.75, 3.05) is 6.54 Å². The van der Waals surface area contributed by atoms with E-state index in [4.69, 9.17) is 0 Å². The maximum absolute atomic E-state index is 13.4. The summed E-state index contributed by atoms with van der Waals surface area (Å²) < 4.78 is 0. The van der Waals surface area contributed by atoms with E-state index in [-0.39, 0.29) is 25.2 Å². The van der Waals surface area contributed by atoms with Crippen LogP contribution in [0.2, 0.25) is 0 Å². The number of hydrogen-bond acceptors (Lipinski definition) is 6. The molecule has 0 radical (unpaired) electrons. The van der Waals surface area contributed by atoms with Crippen molar-refractivity contribution in [1.82, 2.24) is 26.3 Å². The van der Waals surface area contributed by atoms with Crippen molar-refractivity contribution >= 4 is 40.6 Å². The lowest BCUT2D eigenvalue weighted by molar-refractivity contribution is -0.143. The van der Waals surface area contributed by atoms with Crippen LogP contribution < -0.4 is 21.3 Å². The number of H-pyrrole nitrogens is 1. The molecule has 1 saturated heterocycles. The van der Waals surface area contributed by atoms with E-state index in [9.17, 15) is 34.2 Å². The van der Waals surface area contributed by atoms with E-state index in [2.05, 4.69) is 26.3 Å². The standard InChI is InChI=1S/C27H37N5O7/c1-3-15(2)23(27(38)39)32-26(37)21(13-16-14-29-18-8-5-4-7-17(16)18)31-25(36)20(10-11-22(33)34)30-24(35)19-9-6-12-28-19/h4-5,7-8,14-15,19-21,23,28-29H,3,6,9-13H2,1-2H3,(H,30,35)(H,31,36)(H,32,37)(H,33,34)(H,38,39). The molecule has 0 aliphatic carbocycles. The number of benzene rings is 1. The number of carboxylic acids is 2. The highest BCUT2D eigenvalue weighted by Gasteiger charge is 2.33. The molecule has 5 unspecified atom stereocenters. The summed E-state index contributed by atoms with van der Waals surface area (Å²) in [5, 5.41) is 30.6. The number of aromatic nitrogens is 1. The molecule has 5 atom stereocenters. The molecular weight excluding hydrogens is 506 g/mol. The van der Waals surface area contributed by atoms with Crippen molar-refractivity contribution in [3.63, 3.8) is 0 Å². The number of hydrogen-bond donors (Lipinski definition) is 7. The zero-order valence-electron chi connectivity index (χ0n) is 22.2. The van der Waals surface area contributed by atoms with Gasteiger partial charge in [0.25, 0.3) is 0 Å². The van der Waals surface area contributed by atoms with Crippen molar-refractivity contribution in [2.45, 2.75) is 76.5 Å². The van der Waals surface area contributed by atoms with E-state index in [1.54, 1.807) is 13.1 Å². The Morgan fingerprint density at radius 1 is 1.03 bits per heavy atom. The average Bonchev–Trinajstić information content (AvgIpc) is 3.59. The van der Waals surface area contributed by atoms with Crippen LogP contribution in [0, 0.1) is 5.92 Å². The average molecular weight is 544 g/mol. The van der Waals surface area contributed by atoms with E-state index in [0.717, 1.165) is 22.9 Å². The summed E-state index contributed by atoms with van der Waals surface area (Å²) in [6.07, 6.45) is 3.12. The van der Waals surface area contributed by atoms with Crippen LogP contribution in [0.4, 0.5) is 0 Å². The van der Waals surface area contributed by atoms with Crippen molar-refractivity contribution in [3.05, 3.63) is 36.0 Å². The number of aromatic amines is 1. The predicted molar refractivity (Wildman–Crippen MR) is 143 cm³/mol. The first-order valence-corrected chi connectivity index (χ1v) is 13.2. The Labute approximate surface area is 226 Å². The topological polar surface area (TPSA) is 190 Å². The van der Waals surface area contributed by atoms with Crippen LogP contribution in [0.15, 0.2) is 30.5 Å². The third-order valence-corrected chi connectivity index (χ3v) is 7.17. The predicted octanol–water partition coefficient (Wildman–Crippen LogP) is 0.912. The van der Waals surface area contributed by atoms with Crippen molar-refractivity contribution < 1.29 is 34.2 Å². The molecule has 1 aromatic carbocycles. The second kappa shape index (κ2) is 13.7. The Balaban J connectivity index is 1.85. The van der Waals surface area contributed by atoms with E-state index < -0.39 is 53.8 Å². The van der Waals surface area contributed by atoms with Gasteiger partial charge in [0, 0.05) is 29.9 Å². The van der Waals surface area contributed by atoms with Gasteiger partial charge in [-0.25, -0.2) is 4.79 Å². The van der Waals surface area contributed by atoms with Gasteiger partial charge in [0.2, 0.25) is 17.7 Å². The summed E-state index contributed by atoms with van der Waals surface area (Å²) in [6, 6.07) is 3.39. The lowest BCUT2D eigenvalue weighted by atomic mass is 9.97. The van der Waals surface area contributed by atoms with Crippen LogP contribution in [0.5, 0.6) is 0 Å². The molecule has 3 amide bonds. The van der Waals surface area contributed by atoms with Gasteiger partial charge in [0.05, 0.1) is 6.04 Å². The fourth-order valence-corrected chi connectivity index (χ4v) is 4.66. The van der Waals surface area contributed by atoms with E-state index in [1.807, 2.05) is 31.2 Å². The van der Waals surface area contributed by atoms with Crippen LogP contribution in [0.3, 0.4) is 0 Å². The number of carbonyl (C=O) groups excluding carboxylic acids is 3. The first-order chi connectivity index (χ1) is 18.6. The highest BCUT2D eigenvalue weighted by atomic mass is 16.4. The van der Waals surface area contributed by atoms with Crippen LogP contribution in [-0.4, -0.2) is 75.6 Å². The highest BCUT2D eigenvalue weighted by molar-refractivity contribution is 5.95. The molecule has 212 valence electrons. The molecule has 12 nitrogen and oxygen atoms in total. The maximum Gasteiger partial charge on any atom is 0.326 e. The van der Waals surface area contributed by atoms with Crippen molar-refractivity contribution in [1.29, 1.82) is 0 Å². The Morgan fingerprint density at radius 2 is 1.74 bits per heavy atom. The zero-order valence-corrected chi connectivity index (χ0v) is 22.2. The Hall–Kier alpha value is -3.93. The number of para-hydroxylation sites is 1. The molecule has 7 N–H and O–H groups in total. The number of carboxylic acid groups (broad SMARTS) is 2. The van der Waals surface area contributed by atoms with Crippen molar-refractivity contribution in [2.24, 2.45) is 5.92 Å². The molecule has 39 heavy (non-hydrogen) atoms. The highest BCUT2D eigenvalue weighted by Crippen LogP contribution is 2.20. The number of fused-ring (bicyclic) bond motifs is 1. The normalized spacial score (nSPS) is 18.1. The van der Waals surface area contributed by atoms with Crippen LogP contribution in [0.25, 0.3) is 10.9 Å². The zero-order chi connectivity index (χ0) is 28.5. The first kappa shape index (κ1) is 29.6. The van der Waals surface area contributed by atoms with Gasteiger partial charge in [-0.15, -0.1) is 0 Å². The molecule has 3 rings (SSSR count). The lowest BCUT2D eigenvalue weighted by Gasteiger charge is -2.26. The molecule has 0 spiro atoms. The Morgan fingerprint density at radius 3 is 2.38 bits per heavy atom. The quantitative estimate of drug-likeness (QED) is 0.183. The number of nitrogens with one attached hydrogen (secondary N) is 5. The molecule has 1 aliphatic rings. The minimum atomic E-state index is -1.20. The van der Waals surface area contributed by atoms with Crippen LogP contribution in [0.1, 0.15) is 51.5 Å². The van der Waals surface area contributed by atoms with Gasteiger partial charge in [0.15, 0.2) is 0 Å². The Bertz CT molecular complexity index is 1190. The molecule has 2 heterocycles. The van der Waals surface area contributed by atoms with Gasteiger partial charge in [-0.1, -0.05) is 38.5 Å². The molecule has 0 saturated carbocycles. The van der Waals surface area contributed by atoms with E-state index >= 15 is 0 Å². The Kier molecular flexibility index (Phi) is 10.4. The summed E-state index contributed by atoms with van der Waals surface area (Å²) in [5.74, 6) is -4.52. The smallest absolute Gasteiger partial charge is 0.326 e. The third kappa shape index (κ3) is 8.03. The molecule has 12 heteroatoms. The molecular formula is C27H37N5O7. The molecule has 0 bridgehead atoms. The summed E-state index contributed by atoms with van der Waals surface area (Å²) in [5.41, 5.74) is 1.56. The molecule has 1 aliphatic heterocycles. The molecule has 1 aromatic heterocycles. The van der Waals surface area contributed by atoms with E-state index in [1.165, 1.54) is 0 Å². The first-order valence-electron chi connectivity index (χ1n) is 13.2. The SMILES string of the molecule is CCC(C)C(NC(=O)C(Cc1c[nH]c2ccccc12)NC(=O)C(CCC(=O)O)NC(=O)C1CCCN1)C(=O)O. The number of carbonyl (C=O) groups is 5.